The fraction of sp³-hybridized carbons (Fsp3) is 0.600. The maximum absolute atomic E-state index is 9.29. The van der Waals surface area contributed by atoms with Crippen LogP contribution < -0.4 is 0 Å². The summed E-state index contributed by atoms with van der Waals surface area (Å²) >= 11 is 0. The molecule has 1 N–H and O–H groups in total. The third kappa shape index (κ3) is 3.55. The zero-order chi connectivity index (χ0) is 12.0. The van der Waals surface area contributed by atoms with Crippen molar-refractivity contribution >= 4 is 0 Å². The fourth-order valence-corrected chi connectivity index (χ4v) is 2.31. The van der Waals surface area contributed by atoms with E-state index in [1.807, 2.05) is 0 Å². The number of hydrogen-bond donors (Lipinski definition) is 1. The van der Waals surface area contributed by atoms with E-state index in [1.54, 1.807) is 12.1 Å². The Hall–Kier alpha value is -0.980. The minimum absolute atomic E-state index is 0.362. The predicted molar refractivity (Wildman–Crippen MR) is 69.8 cm³/mol. The van der Waals surface area contributed by atoms with E-state index in [4.69, 9.17) is 0 Å². The molecule has 0 aliphatic carbocycles. The number of rotatable bonds is 6. The van der Waals surface area contributed by atoms with E-state index in [-0.39, 0.29) is 0 Å². The molecule has 0 aromatic heterocycles. The van der Waals surface area contributed by atoms with Crippen LogP contribution in [0.3, 0.4) is 0 Å². The smallest absolute Gasteiger partial charge is 0.115 e. The van der Waals surface area contributed by atoms with Gasteiger partial charge in [-0.1, -0.05) is 45.7 Å². The van der Waals surface area contributed by atoms with Gasteiger partial charge in [-0.25, -0.2) is 0 Å². The van der Waals surface area contributed by atoms with Crippen LogP contribution in [-0.2, 0) is 0 Å². The SMILES string of the molecule is CCC(CC)CC(CC)c1ccc(O)cc1. The minimum Gasteiger partial charge on any atom is -0.508 e. The standard InChI is InChI=1S/C15H24O/c1-4-12(5-2)11-13(6-3)14-7-9-15(16)10-8-14/h7-10,12-13,16H,4-6,11H2,1-3H3. The Morgan fingerprint density at radius 3 is 1.94 bits per heavy atom. The molecule has 0 saturated carbocycles. The molecule has 1 aromatic carbocycles. The third-order valence-corrected chi connectivity index (χ3v) is 3.63. The summed E-state index contributed by atoms with van der Waals surface area (Å²) in [5.74, 6) is 1.84. The van der Waals surface area contributed by atoms with Crippen LogP contribution in [0.1, 0.15) is 57.9 Å². The van der Waals surface area contributed by atoms with E-state index < -0.39 is 0 Å². The van der Waals surface area contributed by atoms with Crippen molar-refractivity contribution in [1.82, 2.24) is 0 Å². The number of phenols is 1. The van der Waals surface area contributed by atoms with Gasteiger partial charge >= 0.3 is 0 Å². The van der Waals surface area contributed by atoms with Crippen LogP contribution in [0, 0.1) is 5.92 Å². The predicted octanol–water partition coefficient (Wildman–Crippen LogP) is 4.71. The molecule has 1 heteroatoms. The van der Waals surface area contributed by atoms with Gasteiger partial charge in [0.1, 0.15) is 5.75 Å². The molecule has 0 fully saturated rings. The van der Waals surface area contributed by atoms with Crippen molar-refractivity contribution in [2.75, 3.05) is 0 Å². The molecule has 90 valence electrons. The lowest BCUT2D eigenvalue weighted by Crippen LogP contribution is -2.05. The lowest BCUT2D eigenvalue weighted by atomic mass is 9.85. The van der Waals surface area contributed by atoms with Crippen molar-refractivity contribution in [1.29, 1.82) is 0 Å². The highest BCUT2D eigenvalue weighted by molar-refractivity contribution is 5.28. The van der Waals surface area contributed by atoms with Crippen LogP contribution in [0.5, 0.6) is 5.75 Å². The second kappa shape index (κ2) is 6.57. The molecule has 16 heavy (non-hydrogen) atoms. The van der Waals surface area contributed by atoms with Crippen molar-refractivity contribution in [2.24, 2.45) is 5.92 Å². The van der Waals surface area contributed by atoms with Gasteiger partial charge in [0.05, 0.1) is 0 Å². The first-order chi connectivity index (χ1) is 7.71. The van der Waals surface area contributed by atoms with Crippen LogP contribution in [-0.4, -0.2) is 5.11 Å². The highest BCUT2D eigenvalue weighted by atomic mass is 16.3. The topological polar surface area (TPSA) is 20.2 Å². The first-order valence-corrected chi connectivity index (χ1v) is 6.50. The highest BCUT2D eigenvalue weighted by Crippen LogP contribution is 2.30. The minimum atomic E-state index is 0.362. The Morgan fingerprint density at radius 2 is 1.50 bits per heavy atom. The van der Waals surface area contributed by atoms with Crippen LogP contribution in [0.25, 0.3) is 0 Å². The molecule has 0 spiro atoms. The lowest BCUT2D eigenvalue weighted by Gasteiger charge is -2.21. The second-order valence-corrected chi connectivity index (χ2v) is 4.61. The first kappa shape index (κ1) is 13.1. The monoisotopic (exact) mass is 220 g/mol. The maximum atomic E-state index is 9.29. The molecule has 0 amide bonds. The highest BCUT2D eigenvalue weighted by Gasteiger charge is 2.14. The van der Waals surface area contributed by atoms with Gasteiger partial charge in [0, 0.05) is 0 Å². The van der Waals surface area contributed by atoms with Gasteiger partial charge in [-0.3, -0.25) is 0 Å². The number of hydrogen-bond acceptors (Lipinski definition) is 1. The van der Waals surface area contributed by atoms with E-state index in [0.29, 0.717) is 11.7 Å². The quantitative estimate of drug-likeness (QED) is 0.736. The molecule has 1 atom stereocenters. The molecule has 1 aromatic rings. The average molecular weight is 220 g/mol. The number of phenolic OH excluding ortho intramolecular Hbond substituents is 1. The molecular weight excluding hydrogens is 196 g/mol. The Bertz CT molecular complexity index is 285. The van der Waals surface area contributed by atoms with E-state index in [2.05, 4.69) is 32.9 Å². The Morgan fingerprint density at radius 1 is 0.938 bits per heavy atom. The van der Waals surface area contributed by atoms with E-state index in [0.717, 1.165) is 5.92 Å². The molecule has 0 saturated heterocycles. The molecule has 1 nitrogen and oxygen atoms in total. The van der Waals surface area contributed by atoms with Crippen molar-refractivity contribution in [3.05, 3.63) is 29.8 Å². The first-order valence-electron chi connectivity index (χ1n) is 6.50. The average Bonchev–Trinajstić information content (AvgIpc) is 2.32. The van der Waals surface area contributed by atoms with Gasteiger partial charge in [-0.2, -0.15) is 0 Å². The largest absolute Gasteiger partial charge is 0.508 e. The Balaban J connectivity index is 2.70. The summed E-state index contributed by atoms with van der Waals surface area (Å²) in [5.41, 5.74) is 1.37. The molecule has 0 bridgehead atoms. The molecule has 0 radical (unpaired) electrons. The Kier molecular flexibility index (Phi) is 5.37. The van der Waals surface area contributed by atoms with E-state index >= 15 is 0 Å². The van der Waals surface area contributed by atoms with E-state index in [1.165, 1.54) is 31.2 Å². The molecule has 1 unspecified atom stereocenters. The van der Waals surface area contributed by atoms with Gasteiger partial charge in [0.25, 0.3) is 0 Å². The summed E-state index contributed by atoms with van der Waals surface area (Å²) in [6.07, 6.45) is 4.99. The number of aromatic hydroxyl groups is 1. The van der Waals surface area contributed by atoms with Crippen molar-refractivity contribution < 1.29 is 5.11 Å². The normalized spacial score (nSPS) is 13.0. The summed E-state index contributed by atoms with van der Waals surface area (Å²) in [4.78, 5) is 0. The van der Waals surface area contributed by atoms with Gasteiger partial charge in [-0.15, -0.1) is 0 Å². The third-order valence-electron chi connectivity index (χ3n) is 3.63. The van der Waals surface area contributed by atoms with Crippen LogP contribution >= 0.6 is 0 Å². The summed E-state index contributed by atoms with van der Waals surface area (Å²) in [6.45, 7) is 6.80. The summed E-state index contributed by atoms with van der Waals surface area (Å²) in [5, 5.41) is 9.29. The maximum Gasteiger partial charge on any atom is 0.115 e. The molecule has 0 aliphatic rings. The van der Waals surface area contributed by atoms with Crippen LogP contribution in [0.2, 0.25) is 0 Å². The summed E-state index contributed by atoms with van der Waals surface area (Å²) < 4.78 is 0. The number of benzene rings is 1. The molecule has 0 heterocycles. The Labute approximate surface area is 99.5 Å². The zero-order valence-electron chi connectivity index (χ0n) is 10.7. The van der Waals surface area contributed by atoms with Crippen molar-refractivity contribution in [3.8, 4) is 5.75 Å². The molecule has 1 rings (SSSR count). The van der Waals surface area contributed by atoms with Gasteiger partial charge in [-0.05, 0) is 42.4 Å². The molecular formula is C15H24O. The van der Waals surface area contributed by atoms with E-state index in [9.17, 15) is 5.11 Å². The fourth-order valence-electron chi connectivity index (χ4n) is 2.31. The summed E-state index contributed by atoms with van der Waals surface area (Å²) in [6, 6.07) is 7.72. The summed E-state index contributed by atoms with van der Waals surface area (Å²) in [7, 11) is 0. The van der Waals surface area contributed by atoms with Gasteiger partial charge in [0.2, 0.25) is 0 Å². The molecule has 0 aliphatic heterocycles. The second-order valence-electron chi connectivity index (χ2n) is 4.61. The van der Waals surface area contributed by atoms with Gasteiger partial charge < -0.3 is 5.11 Å². The van der Waals surface area contributed by atoms with Gasteiger partial charge in [0.15, 0.2) is 0 Å². The van der Waals surface area contributed by atoms with Crippen LogP contribution in [0.15, 0.2) is 24.3 Å². The zero-order valence-corrected chi connectivity index (χ0v) is 10.7. The van der Waals surface area contributed by atoms with Crippen molar-refractivity contribution in [2.45, 2.75) is 52.4 Å². The lowest BCUT2D eigenvalue weighted by molar-refractivity contribution is 0.404. The van der Waals surface area contributed by atoms with Crippen LogP contribution in [0.4, 0.5) is 0 Å². The van der Waals surface area contributed by atoms with Crippen molar-refractivity contribution in [3.63, 3.8) is 0 Å².